The molecule has 1 aliphatic heterocycles. The quantitative estimate of drug-likeness (QED) is 0.627. The predicted molar refractivity (Wildman–Crippen MR) is 126 cm³/mol. The van der Waals surface area contributed by atoms with Gasteiger partial charge < -0.3 is 5.32 Å². The van der Waals surface area contributed by atoms with Crippen LogP contribution >= 0.6 is 0 Å². The van der Waals surface area contributed by atoms with E-state index in [1.807, 2.05) is 6.92 Å². The van der Waals surface area contributed by atoms with Crippen LogP contribution in [0.5, 0.6) is 0 Å². The van der Waals surface area contributed by atoms with Crippen LogP contribution in [-0.4, -0.2) is 52.4 Å². The van der Waals surface area contributed by atoms with Gasteiger partial charge in [0.15, 0.2) is 0 Å². The molecule has 10 heteroatoms. The zero-order chi connectivity index (χ0) is 23.5. The van der Waals surface area contributed by atoms with Gasteiger partial charge in [0.1, 0.15) is 6.04 Å². The first kappa shape index (κ1) is 24.2. The fourth-order valence-electron chi connectivity index (χ4n) is 3.77. The number of carbonyl (C=O) groups excluding carboxylic acids is 1. The van der Waals surface area contributed by atoms with E-state index >= 15 is 0 Å². The number of carbonyl (C=O) groups is 1. The van der Waals surface area contributed by atoms with Crippen molar-refractivity contribution in [3.05, 3.63) is 54.1 Å². The summed E-state index contributed by atoms with van der Waals surface area (Å²) in [6.45, 7) is 4.66. The lowest BCUT2D eigenvalue weighted by molar-refractivity contribution is -0.117. The van der Waals surface area contributed by atoms with Gasteiger partial charge in [0.25, 0.3) is 0 Å². The molecule has 0 unspecified atom stereocenters. The lowest BCUT2D eigenvalue weighted by Crippen LogP contribution is -2.47. The number of sulfonamides is 2. The van der Waals surface area contributed by atoms with Crippen molar-refractivity contribution >= 4 is 37.3 Å². The molecule has 3 rings (SSSR count). The van der Waals surface area contributed by atoms with Crippen LogP contribution in [0.2, 0.25) is 0 Å². The molecule has 32 heavy (non-hydrogen) atoms. The van der Waals surface area contributed by atoms with E-state index in [4.69, 9.17) is 0 Å². The van der Waals surface area contributed by atoms with Crippen LogP contribution in [0.25, 0.3) is 0 Å². The molecule has 1 fully saturated rings. The number of amides is 1. The van der Waals surface area contributed by atoms with E-state index in [1.54, 1.807) is 31.2 Å². The Balaban J connectivity index is 1.81. The number of nitrogens with zero attached hydrogens (tertiary/aromatic N) is 2. The third-order valence-corrected chi connectivity index (χ3v) is 8.54. The molecule has 0 aliphatic carbocycles. The maximum Gasteiger partial charge on any atom is 0.248 e. The normalized spacial score (nSPS) is 16.0. The van der Waals surface area contributed by atoms with E-state index in [-0.39, 0.29) is 11.3 Å². The third-order valence-electron chi connectivity index (χ3n) is 5.44. The standard InChI is InChI=1S/C22H29N3O5S2/c1-4-21(25(31(3,27)28)19-11-7-17(2)8-12-19)22(26)23-18-9-13-20(14-10-18)32(29,30)24-15-5-6-16-24/h7-14,21H,4-6,15-16H2,1-3H3,(H,23,26)/t21-/m0/s1. The summed E-state index contributed by atoms with van der Waals surface area (Å²) in [4.78, 5) is 13.2. The number of rotatable bonds is 8. The Morgan fingerprint density at radius 1 is 1.00 bits per heavy atom. The van der Waals surface area contributed by atoms with Crippen molar-refractivity contribution in [2.75, 3.05) is 29.0 Å². The number of anilines is 2. The first-order valence-corrected chi connectivity index (χ1v) is 13.8. The average Bonchev–Trinajstić information content (AvgIpc) is 3.28. The van der Waals surface area contributed by atoms with Crippen molar-refractivity contribution in [1.29, 1.82) is 0 Å². The van der Waals surface area contributed by atoms with Gasteiger partial charge in [-0.05, 0) is 62.6 Å². The van der Waals surface area contributed by atoms with Crippen molar-refractivity contribution < 1.29 is 21.6 Å². The number of aryl methyl sites for hydroxylation is 1. The van der Waals surface area contributed by atoms with Gasteiger partial charge in [-0.25, -0.2) is 16.8 Å². The molecular formula is C22H29N3O5S2. The van der Waals surface area contributed by atoms with Gasteiger partial charge >= 0.3 is 0 Å². The van der Waals surface area contributed by atoms with Crippen LogP contribution in [0.1, 0.15) is 31.7 Å². The molecule has 2 aromatic rings. The molecule has 1 saturated heterocycles. The van der Waals surface area contributed by atoms with Gasteiger partial charge in [-0.1, -0.05) is 24.6 Å². The molecule has 0 aromatic heterocycles. The van der Waals surface area contributed by atoms with Crippen LogP contribution in [-0.2, 0) is 24.8 Å². The maximum atomic E-state index is 13.0. The number of nitrogens with one attached hydrogen (secondary N) is 1. The van der Waals surface area contributed by atoms with Gasteiger partial charge in [0, 0.05) is 18.8 Å². The Hall–Kier alpha value is -2.43. The summed E-state index contributed by atoms with van der Waals surface area (Å²) in [5.41, 5.74) is 1.78. The second kappa shape index (κ2) is 9.60. The Morgan fingerprint density at radius 3 is 2.06 bits per heavy atom. The van der Waals surface area contributed by atoms with Crippen molar-refractivity contribution in [2.24, 2.45) is 0 Å². The fraction of sp³-hybridized carbons (Fsp3) is 0.409. The van der Waals surface area contributed by atoms with E-state index in [1.165, 1.54) is 28.6 Å². The Labute approximate surface area is 190 Å². The lowest BCUT2D eigenvalue weighted by Gasteiger charge is -2.30. The monoisotopic (exact) mass is 479 g/mol. The molecule has 8 nitrogen and oxygen atoms in total. The summed E-state index contributed by atoms with van der Waals surface area (Å²) in [7, 11) is -7.27. The SMILES string of the molecule is CC[C@@H](C(=O)Nc1ccc(S(=O)(=O)N2CCCC2)cc1)N(c1ccc(C)cc1)S(C)(=O)=O. The van der Waals surface area contributed by atoms with E-state index in [0.717, 1.165) is 29.0 Å². The van der Waals surface area contributed by atoms with E-state index in [0.29, 0.717) is 24.5 Å². The zero-order valence-corrected chi connectivity index (χ0v) is 20.1. The number of hydrogen-bond donors (Lipinski definition) is 1. The van der Waals surface area contributed by atoms with Crippen LogP contribution in [0.15, 0.2) is 53.4 Å². The molecule has 1 aliphatic rings. The van der Waals surface area contributed by atoms with Crippen molar-refractivity contribution in [1.82, 2.24) is 4.31 Å². The third kappa shape index (κ3) is 5.31. The second-order valence-corrected chi connectivity index (χ2v) is 11.7. The molecular weight excluding hydrogens is 450 g/mol. The number of benzene rings is 2. The predicted octanol–water partition coefficient (Wildman–Crippen LogP) is 2.96. The van der Waals surface area contributed by atoms with Gasteiger partial charge in [0.05, 0.1) is 16.8 Å². The Bertz CT molecular complexity index is 1160. The molecule has 2 aromatic carbocycles. The summed E-state index contributed by atoms with van der Waals surface area (Å²) in [6, 6.07) is 11.9. The number of hydrogen-bond acceptors (Lipinski definition) is 5. The summed E-state index contributed by atoms with van der Waals surface area (Å²) in [5, 5.41) is 2.72. The minimum absolute atomic E-state index is 0.168. The highest BCUT2D eigenvalue weighted by atomic mass is 32.2. The van der Waals surface area contributed by atoms with Crippen molar-refractivity contribution in [2.45, 2.75) is 44.0 Å². The van der Waals surface area contributed by atoms with E-state index < -0.39 is 32.0 Å². The average molecular weight is 480 g/mol. The molecule has 1 N–H and O–H groups in total. The molecule has 0 spiro atoms. The van der Waals surface area contributed by atoms with Gasteiger partial charge in [-0.15, -0.1) is 0 Å². The Kier molecular flexibility index (Phi) is 7.26. The molecule has 0 bridgehead atoms. The highest BCUT2D eigenvalue weighted by Crippen LogP contribution is 2.25. The zero-order valence-electron chi connectivity index (χ0n) is 18.5. The van der Waals surface area contributed by atoms with Crippen LogP contribution in [0.3, 0.4) is 0 Å². The van der Waals surface area contributed by atoms with E-state index in [2.05, 4.69) is 5.32 Å². The van der Waals surface area contributed by atoms with Crippen LogP contribution < -0.4 is 9.62 Å². The summed E-state index contributed by atoms with van der Waals surface area (Å²) < 4.78 is 53.0. The minimum atomic E-state index is -3.73. The lowest BCUT2D eigenvalue weighted by atomic mass is 10.1. The van der Waals surface area contributed by atoms with E-state index in [9.17, 15) is 21.6 Å². The summed E-state index contributed by atoms with van der Waals surface area (Å²) >= 11 is 0. The largest absolute Gasteiger partial charge is 0.324 e. The highest BCUT2D eigenvalue weighted by molar-refractivity contribution is 7.92. The van der Waals surface area contributed by atoms with Crippen LogP contribution in [0.4, 0.5) is 11.4 Å². The van der Waals surface area contributed by atoms with Crippen molar-refractivity contribution in [3.8, 4) is 0 Å². The summed E-state index contributed by atoms with van der Waals surface area (Å²) in [6.07, 6.45) is 3.03. The molecule has 0 saturated carbocycles. The minimum Gasteiger partial charge on any atom is -0.324 e. The van der Waals surface area contributed by atoms with Crippen LogP contribution in [0, 0.1) is 6.92 Å². The fourth-order valence-corrected chi connectivity index (χ4v) is 6.49. The molecule has 1 atom stereocenters. The smallest absolute Gasteiger partial charge is 0.248 e. The van der Waals surface area contributed by atoms with Gasteiger partial charge in [-0.3, -0.25) is 9.10 Å². The highest BCUT2D eigenvalue weighted by Gasteiger charge is 2.32. The van der Waals surface area contributed by atoms with Crippen molar-refractivity contribution in [3.63, 3.8) is 0 Å². The van der Waals surface area contributed by atoms with Gasteiger partial charge in [-0.2, -0.15) is 4.31 Å². The molecule has 1 amide bonds. The first-order valence-electron chi connectivity index (χ1n) is 10.5. The molecule has 1 heterocycles. The topological polar surface area (TPSA) is 104 Å². The molecule has 174 valence electrons. The molecule has 0 radical (unpaired) electrons. The first-order chi connectivity index (χ1) is 15.0. The summed E-state index contributed by atoms with van der Waals surface area (Å²) in [5.74, 6) is -0.492. The second-order valence-electron chi connectivity index (χ2n) is 7.94. The maximum absolute atomic E-state index is 13.0. The van der Waals surface area contributed by atoms with Gasteiger partial charge in [0.2, 0.25) is 26.0 Å². The Morgan fingerprint density at radius 2 is 1.56 bits per heavy atom.